The third kappa shape index (κ3) is 2.75. The Morgan fingerprint density at radius 2 is 1.94 bits per heavy atom. The van der Waals surface area contributed by atoms with Crippen LogP contribution in [0, 0.1) is 5.82 Å². The fourth-order valence-corrected chi connectivity index (χ4v) is 0.993. The van der Waals surface area contributed by atoms with Gasteiger partial charge in [0.15, 0.2) is 11.6 Å². The number of carboxylic acid groups (broad SMARTS) is 1. The minimum absolute atomic E-state index is 0.315. The Labute approximate surface area is 86.2 Å². The van der Waals surface area contributed by atoms with Crippen LogP contribution in [0.2, 0.25) is 0 Å². The number of anilines is 1. The van der Waals surface area contributed by atoms with E-state index in [1.54, 1.807) is 0 Å². The zero-order valence-electron chi connectivity index (χ0n) is 7.51. The topological polar surface area (TPSA) is 72.5 Å². The summed E-state index contributed by atoms with van der Waals surface area (Å²) in [4.78, 5) is 10.5. The average Bonchev–Trinajstić information content (AvgIpc) is 2.07. The molecule has 0 saturated heterocycles. The highest BCUT2D eigenvalue weighted by Gasteiger charge is 2.34. The first-order valence-electron chi connectivity index (χ1n) is 3.79. The molecular formula is C8H5F4NO3. The second-order valence-corrected chi connectivity index (χ2v) is 2.73. The molecule has 0 spiro atoms. The number of rotatable bonds is 2. The number of alkyl halides is 3. The van der Waals surface area contributed by atoms with E-state index in [9.17, 15) is 22.4 Å². The Balaban J connectivity index is 3.30. The van der Waals surface area contributed by atoms with Gasteiger partial charge in [-0.15, -0.1) is 13.2 Å². The predicted molar refractivity (Wildman–Crippen MR) is 44.5 cm³/mol. The molecule has 1 aromatic rings. The number of hydrogen-bond donors (Lipinski definition) is 2. The van der Waals surface area contributed by atoms with Crippen molar-refractivity contribution in [2.45, 2.75) is 6.36 Å². The first kappa shape index (κ1) is 12.1. The van der Waals surface area contributed by atoms with Gasteiger partial charge in [0.2, 0.25) is 0 Å². The summed E-state index contributed by atoms with van der Waals surface area (Å²) in [6.07, 6.45) is -5.18. The number of hydrogen-bond acceptors (Lipinski definition) is 3. The minimum Gasteiger partial charge on any atom is -0.478 e. The lowest BCUT2D eigenvalue weighted by Gasteiger charge is -2.12. The average molecular weight is 239 g/mol. The molecule has 0 aliphatic heterocycles. The van der Waals surface area contributed by atoms with Crippen LogP contribution in [0.5, 0.6) is 5.75 Å². The molecule has 3 N–H and O–H groups in total. The van der Waals surface area contributed by atoms with Gasteiger partial charge in [0, 0.05) is 11.8 Å². The van der Waals surface area contributed by atoms with Gasteiger partial charge in [0.05, 0.1) is 0 Å². The van der Waals surface area contributed by atoms with Crippen molar-refractivity contribution in [3.63, 3.8) is 0 Å². The molecule has 0 aromatic heterocycles. The van der Waals surface area contributed by atoms with E-state index in [0.717, 1.165) is 0 Å². The van der Waals surface area contributed by atoms with Crippen molar-refractivity contribution in [1.82, 2.24) is 0 Å². The summed E-state index contributed by atoms with van der Waals surface area (Å²) in [5, 5.41) is 8.54. The Kier molecular flexibility index (Phi) is 2.92. The number of ether oxygens (including phenoxy) is 1. The number of halogens is 4. The number of carboxylic acids is 1. The molecule has 0 radical (unpaired) electrons. The summed E-state index contributed by atoms with van der Waals surface area (Å²) >= 11 is 0. The van der Waals surface area contributed by atoms with Crippen LogP contribution in [0.4, 0.5) is 23.2 Å². The van der Waals surface area contributed by atoms with Crippen LogP contribution in [0.3, 0.4) is 0 Å². The van der Waals surface area contributed by atoms with Crippen LogP contribution in [-0.4, -0.2) is 17.4 Å². The van der Waals surface area contributed by atoms with Crippen LogP contribution in [0.1, 0.15) is 10.4 Å². The first-order valence-corrected chi connectivity index (χ1v) is 3.79. The highest BCUT2D eigenvalue weighted by molar-refractivity contribution is 5.92. The summed E-state index contributed by atoms with van der Waals surface area (Å²) in [7, 11) is 0. The van der Waals surface area contributed by atoms with Crippen LogP contribution >= 0.6 is 0 Å². The highest BCUT2D eigenvalue weighted by atomic mass is 19.4. The van der Waals surface area contributed by atoms with Crippen molar-refractivity contribution in [2.75, 3.05) is 5.73 Å². The molecule has 1 rings (SSSR count). The Morgan fingerprint density at radius 1 is 1.38 bits per heavy atom. The van der Waals surface area contributed by atoms with Gasteiger partial charge in [0.25, 0.3) is 0 Å². The normalized spacial score (nSPS) is 11.2. The van der Waals surface area contributed by atoms with Crippen LogP contribution < -0.4 is 10.5 Å². The third-order valence-corrected chi connectivity index (χ3v) is 1.51. The summed E-state index contributed by atoms with van der Waals surface area (Å²) in [5.41, 5.74) is 3.78. The van der Waals surface area contributed by atoms with Crippen molar-refractivity contribution in [3.8, 4) is 5.75 Å². The number of nitrogens with two attached hydrogens (primary N) is 1. The molecule has 8 heteroatoms. The van der Waals surface area contributed by atoms with E-state index in [0.29, 0.717) is 12.1 Å². The summed E-state index contributed by atoms with van der Waals surface area (Å²) in [5.74, 6) is -4.67. The molecule has 88 valence electrons. The van der Waals surface area contributed by atoms with Crippen LogP contribution in [-0.2, 0) is 0 Å². The van der Waals surface area contributed by atoms with Crippen LogP contribution in [0.15, 0.2) is 12.1 Å². The SMILES string of the molecule is Nc1cc(F)c(OC(F)(F)F)c(C(=O)O)c1. The Morgan fingerprint density at radius 3 is 2.38 bits per heavy atom. The Hall–Kier alpha value is -1.99. The summed E-state index contributed by atoms with van der Waals surface area (Å²) < 4.78 is 51.9. The van der Waals surface area contributed by atoms with Gasteiger partial charge in [0.1, 0.15) is 5.56 Å². The number of carbonyl (C=O) groups is 1. The second-order valence-electron chi connectivity index (χ2n) is 2.73. The second kappa shape index (κ2) is 3.87. The van der Waals surface area contributed by atoms with Gasteiger partial charge >= 0.3 is 12.3 Å². The van der Waals surface area contributed by atoms with E-state index in [1.807, 2.05) is 0 Å². The zero-order valence-corrected chi connectivity index (χ0v) is 7.51. The molecule has 16 heavy (non-hydrogen) atoms. The fraction of sp³-hybridized carbons (Fsp3) is 0.125. The fourth-order valence-electron chi connectivity index (χ4n) is 0.993. The smallest absolute Gasteiger partial charge is 0.478 e. The monoisotopic (exact) mass is 239 g/mol. The predicted octanol–water partition coefficient (Wildman–Crippen LogP) is 2.00. The van der Waals surface area contributed by atoms with Crippen molar-refractivity contribution in [3.05, 3.63) is 23.5 Å². The molecule has 0 heterocycles. The van der Waals surface area contributed by atoms with Gasteiger partial charge in [-0.2, -0.15) is 0 Å². The number of benzene rings is 1. The lowest BCUT2D eigenvalue weighted by molar-refractivity contribution is -0.275. The molecule has 0 aliphatic carbocycles. The number of aromatic carboxylic acids is 1. The van der Waals surface area contributed by atoms with Gasteiger partial charge in [-0.3, -0.25) is 0 Å². The maximum Gasteiger partial charge on any atom is 0.573 e. The molecule has 0 bridgehead atoms. The van der Waals surface area contributed by atoms with E-state index >= 15 is 0 Å². The van der Waals surface area contributed by atoms with Gasteiger partial charge in [-0.1, -0.05) is 0 Å². The molecular weight excluding hydrogens is 234 g/mol. The van der Waals surface area contributed by atoms with Crippen molar-refractivity contribution in [1.29, 1.82) is 0 Å². The minimum atomic E-state index is -5.18. The maximum absolute atomic E-state index is 13.0. The largest absolute Gasteiger partial charge is 0.573 e. The van der Waals surface area contributed by atoms with Gasteiger partial charge in [-0.25, -0.2) is 9.18 Å². The molecule has 0 fully saturated rings. The van der Waals surface area contributed by atoms with Crippen molar-refractivity contribution < 1.29 is 32.2 Å². The molecule has 4 nitrogen and oxygen atoms in total. The van der Waals surface area contributed by atoms with E-state index < -0.39 is 29.5 Å². The van der Waals surface area contributed by atoms with Crippen molar-refractivity contribution in [2.24, 2.45) is 0 Å². The molecule has 0 amide bonds. The van der Waals surface area contributed by atoms with Crippen molar-refractivity contribution >= 4 is 11.7 Å². The quantitative estimate of drug-likeness (QED) is 0.611. The van der Waals surface area contributed by atoms with Crippen LogP contribution in [0.25, 0.3) is 0 Å². The Bertz CT molecular complexity index is 430. The number of nitrogen functional groups attached to an aromatic ring is 1. The first-order chi connectivity index (χ1) is 7.20. The highest BCUT2D eigenvalue weighted by Crippen LogP contribution is 2.31. The van der Waals surface area contributed by atoms with E-state index in [1.165, 1.54) is 0 Å². The maximum atomic E-state index is 13.0. The third-order valence-electron chi connectivity index (χ3n) is 1.51. The summed E-state index contributed by atoms with van der Waals surface area (Å²) in [6.45, 7) is 0. The molecule has 0 atom stereocenters. The lowest BCUT2D eigenvalue weighted by atomic mass is 10.1. The standard InChI is InChI=1S/C8H5F4NO3/c9-5-2-3(13)1-4(7(14)15)6(5)16-8(10,11)12/h1-2H,13H2,(H,14,15). The molecule has 0 aliphatic rings. The lowest BCUT2D eigenvalue weighted by Crippen LogP contribution is -2.20. The van der Waals surface area contributed by atoms with Gasteiger partial charge < -0.3 is 15.6 Å². The van der Waals surface area contributed by atoms with Gasteiger partial charge in [-0.05, 0) is 6.07 Å². The molecule has 0 unspecified atom stereocenters. The van der Waals surface area contributed by atoms with E-state index in [2.05, 4.69) is 4.74 Å². The molecule has 0 saturated carbocycles. The zero-order chi connectivity index (χ0) is 12.5. The summed E-state index contributed by atoms with van der Waals surface area (Å²) in [6, 6.07) is 1.21. The van der Waals surface area contributed by atoms with E-state index in [-0.39, 0.29) is 5.69 Å². The van der Waals surface area contributed by atoms with E-state index in [4.69, 9.17) is 10.8 Å². The molecule has 1 aromatic carbocycles.